The molecule has 2 heterocycles. The average molecular weight is 244 g/mol. The molecule has 4 heteroatoms. The lowest BCUT2D eigenvalue weighted by molar-refractivity contribution is -0.116. The number of carbonyl (C=O) groups is 1. The number of aromatic nitrogens is 1. The first-order valence-electron chi connectivity index (χ1n) is 5.95. The van der Waals surface area contributed by atoms with Gasteiger partial charge in [0.05, 0.1) is 6.26 Å². The number of furan rings is 1. The van der Waals surface area contributed by atoms with E-state index in [0.717, 1.165) is 13.0 Å². The van der Waals surface area contributed by atoms with Crippen molar-refractivity contribution in [2.75, 3.05) is 6.54 Å². The van der Waals surface area contributed by atoms with Crippen LogP contribution in [0.5, 0.6) is 0 Å². The summed E-state index contributed by atoms with van der Waals surface area (Å²) in [5.74, 6) is 0.580. The molecular formula is C14H16N2O2. The normalized spacial score (nSPS) is 10.9. The van der Waals surface area contributed by atoms with Gasteiger partial charge < -0.3 is 14.3 Å². The molecule has 1 N–H and O–H groups in total. The van der Waals surface area contributed by atoms with Gasteiger partial charge in [0.2, 0.25) is 5.91 Å². The number of rotatable bonds is 6. The van der Waals surface area contributed by atoms with Crippen molar-refractivity contribution in [1.29, 1.82) is 0 Å². The fraction of sp³-hybridized carbons (Fsp3) is 0.214. The fourth-order valence-electron chi connectivity index (χ4n) is 1.60. The molecule has 0 fully saturated rings. The zero-order chi connectivity index (χ0) is 12.6. The molecule has 0 aromatic carbocycles. The highest BCUT2D eigenvalue weighted by atomic mass is 16.3. The summed E-state index contributed by atoms with van der Waals surface area (Å²) in [6, 6.07) is 7.57. The Morgan fingerprint density at radius 3 is 2.89 bits per heavy atom. The molecule has 0 bridgehead atoms. The second-order valence-corrected chi connectivity index (χ2v) is 3.91. The van der Waals surface area contributed by atoms with Crippen LogP contribution in [0.25, 0.3) is 6.08 Å². The van der Waals surface area contributed by atoms with Gasteiger partial charge in [-0.05, 0) is 36.8 Å². The third kappa shape index (κ3) is 3.97. The van der Waals surface area contributed by atoms with E-state index >= 15 is 0 Å². The molecule has 0 aliphatic rings. The summed E-state index contributed by atoms with van der Waals surface area (Å²) in [6.07, 6.45) is 9.65. The van der Waals surface area contributed by atoms with Crippen LogP contribution in [-0.4, -0.2) is 17.0 Å². The van der Waals surface area contributed by atoms with Crippen molar-refractivity contribution in [3.63, 3.8) is 0 Å². The highest BCUT2D eigenvalue weighted by Crippen LogP contribution is 2.01. The summed E-state index contributed by atoms with van der Waals surface area (Å²) in [4.78, 5) is 11.5. The van der Waals surface area contributed by atoms with E-state index in [0.29, 0.717) is 12.3 Å². The molecule has 2 aromatic heterocycles. The van der Waals surface area contributed by atoms with Crippen molar-refractivity contribution in [3.05, 3.63) is 54.8 Å². The van der Waals surface area contributed by atoms with E-state index in [1.54, 1.807) is 24.5 Å². The molecule has 18 heavy (non-hydrogen) atoms. The minimum atomic E-state index is -0.0982. The highest BCUT2D eigenvalue weighted by Gasteiger charge is 1.96. The van der Waals surface area contributed by atoms with E-state index in [2.05, 4.69) is 9.88 Å². The lowest BCUT2D eigenvalue weighted by atomic mass is 10.3. The molecule has 0 saturated carbocycles. The van der Waals surface area contributed by atoms with Crippen LogP contribution in [0, 0.1) is 0 Å². The van der Waals surface area contributed by atoms with Crippen molar-refractivity contribution < 1.29 is 9.21 Å². The van der Waals surface area contributed by atoms with Crippen molar-refractivity contribution >= 4 is 12.0 Å². The summed E-state index contributed by atoms with van der Waals surface area (Å²) in [7, 11) is 0. The Morgan fingerprint density at radius 1 is 1.33 bits per heavy atom. The third-order valence-electron chi connectivity index (χ3n) is 2.50. The van der Waals surface area contributed by atoms with Gasteiger partial charge in [-0.25, -0.2) is 0 Å². The molecule has 0 aliphatic carbocycles. The van der Waals surface area contributed by atoms with Crippen LogP contribution >= 0.6 is 0 Å². The number of amides is 1. The molecular weight excluding hydrogens is 228 g/mol. The second-order valence-electron chi connectivity index (χ2n) is 3.91. The van der Waals surface area contributed by atoms with Crippen molar-refractivity contribution in [3.8, 4) is 0 Å². The van der Waals surface area contributed by atoms with E-state index in [1.165, 1.54) is 6.08 Å². The molecule has 2 aromatic rings. The van der Waals surface area contributed by atoms with Gasteiger partial charge in [-0.15, -0.1) is 0 Å². The van der Waals surface area contributed by atoms with Gasteiger partial charge in [0.1, 0.15) is 5.76 Å². The maximum Gasteiger partial charge on any atom is 0.244 e. The smallest absolute Gasteiger partial charge is 0.244 e. The number of aryl methyl sites for hydroxylation is 1. The van der Waals surface area contributed by atoms with Crippen LogP contribution in [0.3, 0.4) is 0 Å². The molecule has 4 nitrogen and oxygen atoms in total. The Bertz CT molecular complexity index is 484. The predicted molar refractivity (Wildman–Crippen MR) is 69.8 cm³/mol. The fourth-order valence-corrected chi connectivity index (χ4v) is 1.60. The molecule has 0 atom stereocenters. The van der Waals surface area contributed by atoms with Gasteiger partial charge in [-0.1, -0.05) is 0 Å². The second kappa shape index (κ2) is 6.49. The Hall–Kier alpha value is -2.23. The van der Waals surface area contributed by atoms with Crippen LogP contribution in [0.15, 0.2) is 53.4 Å². The number of hydrogen-bond acceptors (Lipinski definition) is 2. The predicted octanol–water partition coefficient (Wildman–Crippen LogP) is 2.30. The average Bonchev–Trinajstić information content (AvgIpc) is 3.04. The van der Waals surface area contributed by atoms with Gasteiger partial charge in [0.15, 0.2) is 0 Å². The Balaban J connectivity index is 1.63. The molecule has 1 amide bonds. The zero-order valence-corrected chi connectivity index (χ0v) is 10.1. The van der Waals surface area contributed by atoms with E-state index in [1.807, 2.05) is 24.5 Å². The summed E-state index contributed by atoms with van der Waals surface area (Å²) in [5.41, 5.74) is 0. The summed E-state index contributed by atoms with van der Waals surface area (Å²) >= 11 is 0. The molecule has 0 unspecified atom stereocenters. The Labute approximate surface area is 106 Å². The van der Waals surface area contributed by atoms with Gasteiger partial charge >= 0.3 is 0 Å². The topological polar surface area (TPSA) is 47.2 Å². The first kappa shape index (κ1) is 12.2. The largest absolute Gasteiger partial charge is 0.465 e. The molecule has 94 valence electrons. The van der Waals surface area contributed by atoms with Gasteiger partial charge in [0, 0.05) is 31.6 Å². The van der Waals surface area contributed by atoms with Crippen LogP contribution in [0.4, 0.5) is 0 Å². The lowest BCUT2D eigenvalue weighted by Crippen LogP contribution is -2.22. The van der Waals surface area contributed by atoms with E-state index in [4.69, 9.17) is 4.42 Å². The van der Waals surface area contributed by atoms with Crippen molar-refractivity contribution in [1.82, 2.24) is 9.88 Å². The van der Waals surface area contributed by atoms with E-state index < -0.39 is 0 Å². The maximum atomic E-state index is 11.5. The monoisotopic (exact) mass is 244 g/mol. The minimum absolute atomic E-state index is 0.0982. The maximum absolute atomic E-state index is 11.5. The standard InChI is InChI=1S/C14H16N2O2/c17-14(7-6-13-5-3-12-18-13)15-8-4-11-16-9-1-2-10-16/h1-3,5-7,9-10,12H,4,8,11H2,(H,15,17)/b7-6+. The molecule has 0 radical (unpaired) electrons. The summed E-state index contributed by atoms with van der Waals surface area (Å²) in [6.45, 7) is 1.58. The first-order chi connectivity index (χ1) is 8.84. The number of nitrogens with zero attached hydrogens (tertiary/aromatic N) is 1. The lowest BCUT2D eigenvalue weighted by Gasteiger charge is -2.03. The quantitative estimate of drug-likeness (QED) is 0.626. The van der Waals surface area contributed by atoms with Crippen LogP contribution in [0.1, 0.15) is 12.2 Å². The van der Waals surface area contributed by atoms with Gasteiger partial charge in [0.25, 0.3) is 0 Å². The SMILES string of the molecule is O=C(/C=C/c1ccco1)NCCCn1cccc1. The Morgan fingerprint density at radius 2 is 2.17 bits per heavy atom. The highest BCUT2D eigenvalue weighted by molar-refractivity contribution is 5.91. The first-order valence-corrected chi connectivity index (χ1v) is 5.95. The third-order valence-corrected chi connectivity index (χ3v) is 2.50. The number of carbonyl (C=O) groups excluding carboxylic acids is 1. The molecule has 0 saturated heterocycles. The van der Waals surface area contributed by atoms with Crippen LogP contribution in [0.2, 0.25) is 0 Å². The summed E-state index contributed by atoms with van der Waals surface area (Å²) < 4.78 is 7.18. The molecule has 0 spiro atoms. The Kier molecular flexibility index (Phi) is 4.41. The molecule has 2 rings (SSSR count). The van der Waals surface area contributed by atoms with Gasteiger partial charge in [-0.2, -0.15) is 0 Å². The minimum Gasteiger partial charge on any atom is -0.465 e. The van der Waals surface area contributed by atoms with Crippen LogP contribution in [-0.2, 0) is 11.3 Å². The van der Waals surface area contributed by atoms with Gasteiger partial charge in [-0.3, -0.25) is 4.79 Å². The van der Waals surface area contributed by atoms with Crippen molar-refractivity contribution in [2.24, 2.45) is 0 Å². The van der Waals surface area contributed by atoms with E-state index in [-0.39, 0.29) is 5.91 Å². The zero-order valence-electron chi connectivity index (χ0n) is 10.1. The van der Waals surface area contributed by atoms with Crippen molar-refractivity contribution in [2.45, 2.75) is 13.0 Å². The number of hydrogen-bond donors (Lipinski definition) is 1. The summed E-state index contributed by atoms with van der Waals surface area (Å²) in [5, 5.41) is 2.83. The number of nitrogens with one attached hydrogen (secondary N) is 1. The molecule has 0 aliphatic heterocycles. The van der Waals surface area contributed by atoms with Crippen LogP contribution < -0.4 is 5.32 Å². The van der Waals surface area contributed by atoms with E-state index in [9.17, 15) is 4.79 Å².